The van der Waals surface area contributed by atoms with E-state index in [2.05, 4.69) is 9.71 Å². The first-order valence-electron chi connectivity index (χ1n) is 10.3. The summed E-state index contributed by atoms with van der Waals surface area (Å²) in [6.07, 6.45) is 0. The lowest BCUT2D eigenvalue weighted by Crippen LogP contribution is -2.16. The molecule has 34 heavy (non-hydrogen) atoms. The van der Waals surface area contributed by atoms with Crippen LogP contribution in [-0.2, 0) is 14.8 Å². The van der Waals surface area contributed by atoms with Crippen LogP contribution in [0.15, 0.2) is 77.7 Å². The molecule has 8 nitrogen and oxygen atoms in total. The molecule has 1 heterocycles. The second kappa shape index (κ2) is 9.40. The molecule has 3 aromatic carbocycles. The van der Waals surface area contributed by atoms with Gasteiger partial charge in [-0.25, -0.2) is 13.2 Å². The van der Waals surface area contributed by atoms with Gasteiger partial charge in [0.15, 0.2) is 6.61 Å². The number of methoxy groups -OCH3 is 1. The summed E-state index contributed by atoms with van der Waals surface area (Å²) in [7, 11) is -2.44. The zero-order chi connectivity index (χ0) is 24.3. The zero-order valence-corrected chi connectivity index (χ0v) is 19.3. The van der Waals surface area contributed by atoms with E-state index >= 15 is 0 Å². The van der Waals surface area contributed by atoms with Gasteiger partial charge in [-0.3, -0.25) is 9.52 Å². The largest absolute Gasteiger partial charge is 0.497 e. The fourth-order valence-electron chi connectivity index (χ4n) is 3.59. The summed E-state index contributed by atoms with van der Waals surface area (Å²) in [5.74, 6) is -0.564. The first kappa shape index (κ1) is 23.1. The number of rotatable bonds is 8. The lowest BCUT2D eigenvalue weighted by molar-refractivity contribution is 0.0474. The van der Waals surface area contributed by atoms with E-state index < -0.39 is 22.6 Å². The molecule has 0 spiro atoms. The first-order chi connectivity index (χ1) is 16.3. The van der Waals surface area contributed by atoms with E-state index in [4.69, 9.17) is 9.47 Å². The minimum absolute atomic E-state index is 0.0149. The number of aryl methyl sites for hydroxylation is 1. The van der Waals surface area contributed by atoms with Crippen molar-refractivity contribution in [1.29, 1.82) is 0 Å². The molecule has 0 amide bonds. The van der Waals surface area contributed by atoms with Crippen LogP contribution in [0, 0.1) is 6.92 Å². The van der Waals surface area contributed by atoms with Crippen molar-refractivity contribution < 1.29 is 27.5 Å². The molecule has 0 fully saturated rings. The SMILES string of the molecule is COc1ccc(NS(=O)(=O)c2cccc(C(=O)OCC(=O)c3c(C)[nH]c4ccccc34)c2)cc1. The van der Waals surface area contributed by atoms with Gasteiger partial charge in [0.2, 0.25) is 5.78 Å². The predicted molar refractivity (Wildman–Crippen MR) is 128 cm³/mol. The number of benzene rings is 3. The monoisotopic (exact) mass is 478 g/mol. The van der Waals surface area contributed by atoms with Gasteiger partial charge in [0.1, 0.15) is 5.75 Å². The number of hydrogen-bond acceptors (Lipinski definition) is 6. The maximum absolute atomic E-state index is 12.8. The molecule has 174 valence electrons. The number of carbonyl (C=O) groups excluding carboxylic acids is 2. The van der Waals surface area contributed by atoms with Crippen molar-refractivity contribution in [3.05, 3.63) is 89.6 Å². The highest BCUT2D eigenvalue weighted by atomic mass is 32.2. The highest BCUT2D eigenvalue weighted by molar-refractivity contribution is 7.92. The number of Topliss-reactive ketones (excluding diaryl/α,β-unsaturated/α-hetero) is 1. The van der Waals surface area contributed by atoms with Crippen molar-refractivity contribution in [3.8, 4) is 5.75 Å². The Bertz CT molecular complexity index is 1470. The Morgan fingerprint density at radius 3 is 2.44 bits per heavy atom. The molecule has 0 saturated carbocycles. The maximum atomic E-state index is 12.8. The second-order valence-electron chi connectivity index (χ2n) is 7.53. The van der Waals surface area contributed by atoms with Gasteiger partial charge in [-0.05, 0) is 55.5 Å². The van der Waals surface area contributed by atoms with E-state index in [1.54, 1.807) is 31.2 Å². The Hall–Kier alpha value is -4.11. The van der Waals surface area contributed by atoms with Crippen LogP contribution >= 0.6 is 0 Å². The van der Waals surface area contributed by atoms with Crippen LogP contribution in [-0.4, -0.2) is 38.9 Å². The number of aromatic nitrogens is 1. The average molecular weight is 479 g/mol. The van der Waals surface area contributed by atoms with Crippen LogP contribution in [0.5, 0.6) is 5.75 Å². The van der Waals surface area contributed by atoms with Gasteiger partial charge in [-0.2, -0.15) is 0 Å². The molecule has 0 unspecified atom stereocenters. The zero-order valence-electron chi connectivity index (χ0n) is 18.5. The molecule has 4 rings (SSSR count). The van der Waals surface area contributed by atoms with Crippen LogP contribution < -0.4 is 9.46 Å². The number of hydrogen-bond donors (Lipinski definition) is 2. The molecule has 0 aliphatic heterocycles. The number of para-hydroxylation sites is 1. The Balaban J connectivity index is 1.47. The summed E-state index contributed by atoms with van der Waals surface area (Å²) in [6.45, 7) is 1.31. The lowest BCUT2D eigenvalue weighted by Gasteiger charge is -2.10. The minimum atomic E-state index is -3.96. The average Bonchev–Trinajstić information content (AvgIpc) is 3.18. The standard InChI is InChI=1S/C25H22N2O6S/c1-16-24(21-8-3-4-9-22(21)26-16)23(28)15-33-25(29)17-6-5-7-20(14-17)34(30,31)27-18-10-12-19(32-2)13-11-18/h3-14,26-27H,15H2,1-2H3. The number of ether oxygens (including phenoxy) is 2. The normalized spacial score (nSPS) is 11.2. The fourth-order valence-corrected chi connectivity index (χ4v) is 4.69. The molecule has 0 aliphatic carbocycles. The number of carbonyl (C=O) groups is 2. The van der Waals surface area contributed by atoms with Crippen molar-refractivity contribution in [1.82, 2.24) is 4.98 Å². The molecule has 9 heteroatoms. The molecule has 4 aromatic rings. The van der Waals surface area contributed by atoms with Crippen LogP contribution in [0.3, 0.4) is 0 Å². The van der Waals surface area contributed by atoms with Crippen molar-refractivity contribution in [2.24, 2.45) is 0 Å². The van der Waals surface area contributed by atoms with Gasteiger partial charge in [-0.1, -0.05) is 24.3 Å². The van der Waals surface area contributed by atoms with Crippen LogP contribution in [0.25, 0.3) is 10.9 Å². The molecule has 0 bridgehead atoms. The van der Waals surface area contributed by atoms with Gasteiger partial charge >= 0.3 is 5.97 Å². The molecule has 1 aromatic heterocycles. The number of fused-ring (bicyclic) bond motifs is 1. The van der Waals surface area contributed by atoms with Gasteiger partial charge in [-0.15, -0.1) is 0 Å². The topological polar surface area (TPSA) is 115 Å². The number of ketones is 1. The fraction of sp³-hybridized carbons (Fsp3) is 0.120. The summed E-state index contributed by atoms with van der Waals surface area (Å²) in [6, 6.07) is 19.2. The number of sulfonamides is 1. The van der Waals surface area contributed by atoms with Crippen molar-refractivity contribution in [2.75, 3.05) is 18.4 Å². The van der Waals surface area contributed by atoms with Gasteiger partial charge < -0.3 is 14.5 Å². The Morgan fingerprint density at radius 1 is 0.971 bits per heavy atom. The molecular formula is C25H22N2O6S. The van der Waals surface area contributed by atoms with Crippen molar-refractivity contribution in [2.45, 2.75) is 11.8 Å². The highest BCUT2D eigenvalue weighted by Gasteiger charge is 2.20. The number of esters is 1. The van der Waals surface area contributed by atoms with Gasteiger partial charge in [0.25, 0.3) is 10.0 Å². The first-order valence-corrected chi connectivity index (χ1v) is 11.8. The predicted octanol–water partition coefficient (Wildman–Crippen LogP) is 4.33. The van der Waals surface area contributed by atoms with Crippen LogP contribution in [0.2, 0.25) is 0 Å². The van der Waals surface area contributed by atoms with Crippen LogP contribution in [0.1, 0.15) is 26.4 Å². The third-order valence-corrected chi connectivity index (χ3v) is 6.61. The Labute approximate surface area is 196 Å². The number of anilines is 1. The summed E-state index contributed by atoms with van der Waals surface area (Å²) in [4.78, 5) is 28.3. The third-order valence-electron chi connectivity index (χ3n) is 5.23. The second-order valence-corrected chi connectivity index (χ2v) is 9.21. The molecule has 0 radical (unpaired) electrons. The number of H-pyrrole nitrogens is 1. The molecule has 0 aliphatic rings. The van der Waals surface area contributed by atoms with Crippen LogP contribution in [0.4, 0.5) is 5.69 Å². The van der Waals surface area contributed by atoms with Gasteiger partial charge in [0, 0.05) is 27.8 Å². The minimum Gasteiger partial charge on any atom is -0.497 e. The van der Waals surface area contributed by atoms with Gasteiger partial charge in [0.05, 0.1) is 17.6 Å². The van der Waals surface area contributed by atoms with Crippen molar-refractivity contribution >= 4 is 38.4 Å². The van der Waals surface area contributed by atoms with E-state index in [-0.39, 0.29) is 16.2 Å². The molecule has 0 saturated heterocycles. The third kappa shape index (κ3) is 4.79. The Kier molecular flexibility index (Phi) is 6.38. The summed E-state index contributed by atoms with van der Waals surface area (Å²) in [5.41, 5.74) is 2.31. The molecule has 2 N–H and O–H groups in total. The number of nitrogens with one attached hydrogen (secondary N) is 2. The highest BCUT2D eigenvalue weighted by Crippen LogP contribution is 2.23. The Morgan fingerprint density at radius 2 is 1.71 bits per heavy atom. The molecular weight excluding hydrogens is 456 g/mol. The summed E-state index contributed by atoms with van der Waals surface area (Å²) >= 11 is 0. The van der Waals surface area contributed by atoms with E-state index in [9.17, 15) is 18.0 Å². The van der Waals surface area contributed by atoms with E-state index in [0.29, 0.717) is 22.7 Å². The quantitative estimate of drug-likeness (QED) is 0.288. The maximum Gasteiger partial charge on any atom is 0.338 e. The number of aromatic amines is 1. The molecule has 0 atom stereocenters. The summed E-state index contributed by atoms with van der Waals surface area (Å²) < 4.78 is 38.2. The summed E-state index contributed by atoms with van der Waals surface area (Å²) in [5, 5.41) is 0.749. The lowest BCUT2D eigenvalue weighted by atomic mass is 10.1. The van der Waals surface area contributed by atoms with E-state index in [1.807, 2.05) is 24.3 Å². The smallest absolute Gasteiger partial charge is 0.338 e. The van der Waals surface area contributed by atoms with E-state index in [1.165, 1.54) is 31.4 Å². The van der Waals surface area contributed by atoms with Crippen molar-refractivity contribution in [3.63, 3.8) is 0 Å². The van der Waals surface area contributed by atoms with E-state index in [0.717, 1.165) is 10.9 Å².